The Morgan fingerprint density at radius 3 is 1.41 bits per heavy atom. The summed E-state index contributed by atoms with van der Waals surface area (Å²) < 4.78 is 0. The third-order valence-electron chi connectivity index (χ3n) is 11.9. The van der Waals surface area contributed by atoms with Crippen molar-refractivity contribution in [3.8, 4) is 44.5 Å². The molecule has 2 aliphatic rings. The first kappa shape index (κ1) is 32.2. The van der Waals surface area contributed by atoms with E-state index in [1.165, 1.54) is 77.9 Å². The van der Waals surface area contributed by atoms with Gasteiger partial charge in [-0.2, -0.15) is 0 Å². The van der Waals surface area contributed by atoms with Gasteiger partial charge in [-0.1, -0.05) is 159 Å². The molecule has 1 heteroatoms. The summed E-state index contributed by atoms with van der Waals surface area (Å²) >= 11 is 0. The molecule has 10 rings (SSSR count). The topological polar surface area (TPSA) is 3.24 Å². The van der Waals surface area contributed by atoms with E-state index >= 15 is 0 Å². The summed E-state index contributed by atoms with van der Waals surface area (Å²) in [4.78, 5) is 2.39. The molecule has 0 bridgehead atoms. The maximum absolute atomic E-state index is 2.47. The molecule has 0 fully saturated rings. The zero-order valence-electron chi connectivity index (χ0n) is 30.8. The highest BCUT2D eigenvalue weighted by Crippen LogP contribution is 2.63. The second-order valence-electron chi connectivity index (χ2n) is 14.6. The molecule has 0 N–H and O–H groups in total. The molecule has 0 radical (unpaired) electrons. The number of anilines is 3. The highest BCUT2D eigenvalue weighted by atomic mass is 15.1. The van der Waals surface area contributed by atoms with Gasteiger partial charge in [-0.05, 0) is 133 Å². The van der Waals surface area contributed by atoms with E-state index in [4.69, 9.17) is 0 Å². The molecule has 1 nitrogen and oxygen atoms in total. The molecule has 258 valence electrons. The molecule has 0 amide bonds. The van der Waals surface area contributed by atoms with Gasteiger partial charge in [0.2, 0.25) is 0 Å². The average molecular weight is 692 g/mol. The molecule has 0 saturated carbocycles. The van der Waals surface area contributed by atoms with Crippen molar-refractivity contribution in [2.45, 2.75) is 32.1 Å². The monoisotopic (exact) mass is 691 g/mol. The van der Waals surface area contributed by atoms with Crippen molar-refractivity contribution in [2.75, 3.05) is 4.90 Å². The first-order valence-corrected chi connectivity index (χ1v) is 19.3. The summed E-state index contributed by atoms with van der Waals surface area (Å²) in [6.45, 7) is 4.50. The SMILES string of the molecule is CCc1ccccc1-c1cc(N(c2ccccc2)c2ccc(-c3ccc4c(c3)C3(c5ccccc5-c5ccccc53)c3ccccc3-4)cc2)ccc1CC. The number of rotatable bonds is 7. The molecular formula is C53H41N. The van der Waals surface area contributed by atoms with Crippen LogP contribution in [0.2, 0.25) is 0 Å². The second kappa shape index (κ2) is 12.9. The minimum absolute atomic E-state index is 0.349. The van der Waals surface area contributed by atoms with Gasteiger partial charge in [0.1, 0.15) is 0 Å². The van der Waals surface area contributed by atoms with Gasteiger partial charge in [0.25, 0.3) is 0 Å². The summed E-state index contributed by atoms with van der Waals surface area (Å²) in [5.41, 5.74) is 21.7. The van der Waals surface area contributed by atoms with E-state index in [0.29, 0.717) is 0 Å². The van der Waals surface area contributed by atoms with Crippen molar-refractivity contribution in [1.82, 2.24) is 0 Å². The van der Waals surface area contributed by atoms with Crippen LogP contribution in [0.5, 0.6) is 0 Å². The van der Waals surface area contributed by atoms with Crippen molar-refractivity contribution >= 4 is 17.1 Å². The third-order valence-corrected chi connectivity index (χ3v) is 11.9. The lowest BCUT2D eigenvalue weighted by molar-refractivity contribution is 0.794. The molecule has 0 aliphatic heterocycles. The smallest absolute Gasteiger partial charge is 0.0725 e. The van der Waals surface area contributed by atoms with Crippen LogP contribution in [-0.2, 0) is 18.3 Å². The molecule has 54 heavy (non-hydrogen) atoms. The van der Waals surface area contributed by atoms with Gasteiger partial charge >= 0.3 is 0 Å². The maximum Gasteiger partial charge on any atom is 0.0725 e. The minimum Gasteiger partial charge on any atom is -0.310 e. The predicted molar refractivity (Wildman–Crippen MR) is 227 cm³/mol. The Morgan fingerprint density at radius 1 is 0.333 bits per heavy atom. The van der Waals surface area contributed by atoms with E-state index in [1.54, 1.807) is 0 Å². The van der Waals surface area contributed by atoms with Crippen molar-refractivity contribution in [1.29, 1.82) is 0 Å². The number of aryl methyl sites for hydroxylation is 2. The number of para-hydroxylation sites is 1. The molecule has 0 atom stereocenters. The molecule has 2 aliphatic carbocycles. The van der Waals surface area contributed by atoms with Crippen LogP contribution < -0.4 is 4.90 Å². The standard InChI is InChI=1S/C53H41N/c1-3-36-16-8-9-19-43(36)48-35-42(32-26-37(48)4-2)54(40-17-6-5-7-18-40)41-30-27-38(28-31-41)39-29-33-47-46-22-12-15-25-51(46)53(52(47)34-39)49-23-13-10-20-44(49)45-21-11-14-24-50(45)53/h5-35H,3-4H2,1-2H3. The fraction of sp³-hybridized carbons (Fsp3) is 0.0943. The van der Waals surface area contributed by atoms with E-state index in [1.807, 2.05) is 0 Å². The largest absolute Gasteiger partial charge is 0.310 e. The average Bonchev–Trinajstić information content (AvgIpc) is 3.71. The summed E-state index contributed by atoms with van der Waals surface area (Å²) in [6.07, 6.45) is 1.99. The molecule has 8 aromatic rings. The minimum atomic E-state index is -0.349. The summed E-state index contributed by atoms with van der Waals surface area (Å²) in [5, 5.41) is 0. The molecule has 0 saturated heterocycles. The van der Waals surface area contributed by atoms with Crippen LogP contribution in [-0.4, -0.2) is 0 Å². The summed E-state index contributed by atoms with van der Waals surface area (Å²) in [6, 6.07) is 70.0. The van der Waals surface area contributed by atoms with E-state index in [9.17, 15) is 0 Å². The fourth-order valence-electron chi connectivity index (χ4n) is 9.46. The van der Waals surface area contributed by atoms with Crippen molar-refractivity contribution in [3.05, 3.63) is 221 Å². The summed E-state index contributed by atoms with van der Waals surface area (Å²) in [5.74, 6) is 0. The van der Waals surface area contributed by atoms with E-state index in [-0.39, 0.29) is 5.41 Å². The maximum atomic E-state index is 2.47. The van der Waals surface area contributed by atoms with Gasteiger partial charge in [0, 0.05) is 17.1 Å². The Kier molecular flexibility index (Phi) is 7.70. The number of nitrogens with zero attached hydrogens (tertiary/aromatic N) is 1. The van der Waals surface area contributed by atoms with Crippen molar-refractivity contribution in [2.24, 2.45) is 0 Å². The van der Waals surface area contributed by atoms with Crippen molar-refractivity contribution in [3.63, 3.8) is 0 Å². The van der Waals surface area contributed by atoms with Gasteiger partial charge in [-0.3, -0.25) is 0 Å². The molecule has 0 unspecified atom stereocenters. The zero-order valence-corrected chi connectivity index (χ0v) is 30.8. The molecular weight excluding hydrogens is 651 g/mol. The Bertz CT molecular complexity index is 2620. The predicted octanol–water partition coefficient (Wildman–Crippen LogP) is 14.0. The van der Waals surface area contributed by atoms with Gasteiger partial charge in [-0.15, -0.1) is 0 Å². The lowest BCUT2D eigenvalue weighted by Crippen LogP contribution is -2.25. The first-order chi connectivity index (χ1) is 26.7. The number of benzene rings is 8. The van der Waals surface area contributed by atoms with Crippen LogP contribution in [0.4, 0.5) is 17.1 Å². The first-order valence-electron chi connectivity index (χ1n) is 19.3. The lowest BCUT2D eigenvalue weighted by atomic mass is 9.70. The Morgan fingerprint density at radius 2 is 0.796 bits per heavy atom. The van der Waals surface area contributed by atoms with Gasteiger partial charge in [-0.25, -0.2) is 0 Å². The van der Waals surface area contributed by atoms with E-state index in [2.05, 4.69) is 207 Å². The summed E-state index contributed by atoms with van der Waals surface area (Å²) in [7, 11) is 0. The molecule has 0 heterocycles. The Balaban J connectivity index is 1.10. The highest BCUT2D eigenvalue weighted by Gasteiger charge is 2.51. The quantitative estimate of drug-likeness (QED) is 0.161. The van der Waals surface area contributed by atoms with Crippen LogP contribution >= 0.6 is 0 Å². The second-order valence-corrected chi connectivity index (χ2v) is 14.6. The lowest BCUT2D eigenvalue weighted by Gasteiger charge is -2.30. The van der Waals surface area contributed by atoms with E-state index in [0.717, 1.165) is 29.9 Å². The Hall–Kier alpha value is -6.44. The van der Waals surface area contributed by atoms with Gasteiger partial charge in [0.15, 0.2) is 0 Å². The van der Waals surface area contributed by atoms with Crippen LogP contribution in [0.1, 0.15) is 47.2 Å². The normalized spacial score (nSPS) is 12.9. The van der Waals surface area contributed by atoms with E-state index < -0.39 is 0 Å². The number of fused-ring (bicyclic) bond motifs is 10. The highest BCUT2D eigenvalue weighted by molar-refractivity contribution is 5.96. The third kappa shape index (κ3) is 4.78. The zero-order chi connectivity index (χ0) is 36.2. The van der Waals surface area contributed by atoms with Gasteiger partial charge < -0.3 is 4.90 Å². The molecule has 0 aromatic heterocycles. The van der Waals surface area contributed by atoms with Crippen LogP contribution in [0.25, 0.3) is 44.5 Å². The van der Waals surface area contributed by atoms with Crippen molar-refractivity contribution < 1.29 is 0 Å². The van der Waals surface area contributed by atoms with Gasteiger partial charge in [0.05, 0.1) is 5.41 Å². The van der Waals surface area contributed by atoms with Crippen LogP contribution in [0, 0.1) is 0 Å². The number of hydrogen-bond acceptors (Lipinski definition) is 1. The fourth-order valence-corrected chi connectivity index (χ4v) is 9.46. The number of hydrogen-bond donors (Lipinski definition) is 0. The Labute approximate surface area is 318 Å². The molecule has 8 aromatic carbocycles. The van der Waals surface area contributed by atoms with Crippen LogP contribution in [0.3, 0.4) is 0 Å². The molecule has 1 spiro atoms. The van der Waals surface area contributed by atoms with Crippen LogP contribution in [0.15, 0.2) is 188 Å².